The number of hydrogen-bond acceptors (Lipinski definition) is 8. The number of methoxy groups -OCH3 is 1. The largest absolute Gasteiger partial charge is 0.465 e. The van der Waals surface area contributed by atoms with Crippen LogP contribution in [0.5, 0.6) is 0 Å². The van der Waals surface area contributed by atoms with Gasteiger partial charge in [0.15, 0.2) is 5.56 Å². The van der Waals surface area contributed by atoms with E-state index in [-0.39, 0.29) is 29.8 Å². The summed E-state index contributed by atoms with van der Waals surface area (Å²) in [6, 6.07) is 6.21. The van der Waals surface area contributed by atoms with E-state index in [0.717, 1.165) is 30.3 Å². The molecular formula is C25H30N4O5S. The zero-order valence-corrected chi connectivity index (χ0v) is 20.8. The number of fused-ring (bicyclic) bond motifs is 1. The number of anilines is 1. The Kier molecular flexibility index (Phi) is 6.50. The molecule has 0 spiro atoms. The number of nitro groups is 1. The van der Waals surface area contributed by atoms with E-state index in [2.05, 4.69) is 9.55 Å². The molecule has 2 unspecified atom stereocenters. The summed E-state index contributed by atoms with van der Waals surface area (Å²) in [6.07, 6.45) is 8.61. The number of benzene rings is 1. The number of aliphatic hydroxyl groups excluding tert-OH is 1. The zero-order valence-electron chi connectivity index (χ0n) is 20.0. The molecule has 3 aromatic rings. The van der Waals surface area contributed by atoms with E-state index in [1.54, 1.807) is 0 Å². The van der Waals surface area contributed by atoms with E-state index in [9.17, 15) is 20.0 Å². The van der Waals surface area contributed by atoms with Gasteiger partial charge in [0.25, 0.3) is 0 Å². The van der Waals surface area contributed by atoms with Gasteiger partial charge in [-0.1, -0.05) is 25.3 Å². The number of ether oxygens (including phenoxy) is 1. The number of nitrogens with zero attached hydrogens (tertiary/aromatic N) is 4. The van der Waals surface area contributed by atoms with Crippen molar-refractivity contribution in [1.29, 1.82) is 0 Å². The van der Waals surface area contributed by atoms with Gasteiger partial charge in [-0.2, -0.15) is 0 Å². The minimum Gasteiger partial charge on any atom is -0.465 e. The molecule has 2 aliphatic rings. The molecule has 2 fully saturated rings. The SMILES string of the molecule is COC(=O)c1c(N2CC(CO)CC2C)sc(-c2ccc3c(c2)ncn3C2CCCCC2)c1[N+](=O)[O-]. The molecule has 5 rings (SSSR count). The van der Waals surface area contributed by atoms with E-state index in [4.69, 9.17) is 4.74 Å². The average Bonchev–Trinajstić information content (AvgIpc) is 3.58. The van der Waals surface area contributed by atoms with E-state index in [1.807, 2.05) is 36.4 Å². The summed E-state index contributed by atoms with van der Waals surface area (Å²) in [5.74, 6) is -0.670. The molecule has 1 aliphatic heterocycles. The Bertz CT molecular complexity index is 1260. The third kappa shape index (κ3) is 4.18. The first-order valence-corrected chi connectivity index (χ1v) is 13.0. The van der Waals surface area contributed by atoms with Gasteiger partial charge >= 0.3 is 11.7 Å². The average molecular weight is 499 g/mol. The maximum Gasteiger partial charge on any atom is 0.347 e. The topological polar surface area (TPSA) is 111 Å². The Hall–Kier alpha value is -2.98. The lowest BCUT2D eigenvalue weighted by atomic mass is 9.95. The lowest BCUT2D eigenvalue weighted by Crippen LogP contribution is -2.27. The quantitative estimate of drug-likeness (QED) is 0.283. The second-order valence-electron chi connectivity index (χ2n) is 9.64. The molecule has 0 bridgehead atoms. The van der Waals surface area contributed by atoms with Crippen molar-refractivity contribution in [2.75, 3.05) is 25.2 Å². The highest BCUT2D eigenvalue weighted by atomic mass is 32.1. The van der Waals surface area contributed by atoms with Crippen LogP contribution in [0.2, 0.25) is 0 Å². The fourth-order valence-corrected chi connectivity index (χ4v) is 7.02. The highest BCUT2D eigenvalue weighted by Crippen LogP contribution is 2.49. The first-order valence-electron chi connectivity index (χ1n) is 12.2. The molecule has 1 aliphatic carbocycles. The van der Waals surface area contributed by atoms with E-state index >= 15 is 0 Å². The molecule has 0 radical (unpaired) electrons. The lowest BCUT2D eigenvalue weighted by Gasteiger charge is -2.23. The minimum atomic E-state index is -0.725. The van der Waals surface area contributed by atoms with Gasteiger partial charge in [-0.3, -0.25) is 10.1 Å². The highest BCUT2D eigenvalue weighted by Gasteiger charge is 2.39. The van der Waals surface area contributed by atoms with Gasteiger partial charge in [0.1, 0.15) is 9.88 Å². The molecule has 10 heteroatoms. The van der Waals surface area contributed by atoms with E-state index in [1.165, 1.54) is 37.7 Å². The highest BCUT2D eigenvalue weighted by molar-refractivity contribution is 7.20. The molecule has 1 saturated heterocycles. The molecule has 2 aromatic heterocycles. The molecule has 0 amide bonds. The van der Waals surface area contributed by atoms with Gasteiger partial charge in [0, 0.05) is 36.7 Å². The fourth-order valence-electron chi connectivity index (χ4n) is 5.65. The van der Waals surface area contributed by atoms with Crippen molar-refractivity contribution in [2.24, 2.45) is 5.92 Å². The second kappa shape index (κ2) is 9.58. The van der Waals surface area contributed by atoms with Crippen LogP contribution < -0.4 is 4.90 Å². The summed E-state index contributed by atoms with van der Waals surface area (Å²) in [5.41, 5.74) is 2.21. The summed E-state index contributed by atoms with van der Waals surface area (Å²) >= 11 is 1.24. The van der Waals surface area contributed by atoms with Gasteiger partial charge in [-0.05, 0) is 38.3 Å². The zero-order chi connectivity index (χ0) is 24.7. The first kappa shape index (κ1) is 23.7. The number of thiophene rings is 1. The summed E-state index contributed by atoms with van der Waals surface area (Å²) < 4.78 is 7.21. The van der Waals surface area contributed by atoms with Crippen LogP contribution >= 0.6 is 11.3 Å². The van der Waals surface area contributed by atoms with Gasteiger partial charge in [-0.25, -0.2) is 9.78 Å². The van der Waals surface area contributed by atoms with Crippen LogP contribution in [0.1, 0.15) is 61.8 Å². The van der Waals surface area contributed by atoms with Crippen molar-refractivity contribution in [3.8, 4) is 10.4 Å². The fraction of sp³-hybridized carbons (Fsp3) is 0.520. The molecule has 186 valence electrons. The molecule has 1 saturated carbocycles. The molecule has 35 heavy (non-hydrogen) atoms. The number of carbonyl (C=O) groups is 1. The minimum absolute atomic E-state index is 0.0178. The smallest absolute Gasteiger partial charge is 0.347 e. The Morgan fingerprint density at radius 3 is 2.74 bits per heavy atom. The van der Waals surface area contributed by atoms with Crippen molar-refractivity contribution < 1.29 is 19.6 Å². The third-order valence-corrected chi connectivity index (χ3v) is 8.69. The Balaban J connectivity index is 1.61. The van der Waals surface area contributed by atoms with E-state index in [0.29, 0.717) is 28.0 Å². The van der Waals surface area contributed by atoms with Gasteiger partial charge < -0.3 is 19.3 Å². The van der Waals surface area contributed by atoms with Crippen LogP contribution in [-0.4, -0.2) is 51.9 Å². The van der Waals surface area contributed by atoms with Crippen LogP contribution in [0.15, 0.2) is 24.5 Å². The number of hydrogen-bond donors (Lipinski definition) is 1. The van der Waals surface area contributed by atoms with Crippen molar-refractivity contribution in [3.05, 3.63) is 40.2 Å². The van der Waals surface area contributed by atoms with Gasteiger partial charge in [0.05, 0.1) is 29.4 Å². The second-order valence-corrected chi connectivity index (χ2v) is 10.6. The molecule has 9 nitrogen and oxygen atoms in total. The van der Waals surface area contributed by atoms with Crippen molar-refractivity contribution in [1.82, 2.24) is 9.55 Å². The standard InChI is InChI=1S/C25H30N4O5S/c1-15-10-16(13-30)12-27(15)24-21(25(31)34-2)22(29(32)33)23(35-24)17-8-9-20-19(11-17)26-14-28(20)18-6-4-3-5-7-18/h8-9,11,14-16,18,30H,3-7,10,12-13H2,1-2H3. The van der Waals surface area contributed by atoms with Crippen molar-refractivity contribution in [2.45, 2.75) is 57.5 Å². The molecule has 3 heterocycles. The van der Waals surface area contributed by atoms with Gasteiger partial charge in [0.2, 0.25) is 0 Å². The van der Waals surface area contributed by atoms with E-state index < -0.39 is 10.9 Å². The number of imidazole rings is 1. The summed E-state index contributed by atoms with van der Waals surface area (Å²) in [5, 5.41) is 22.5. The van der Waals surface area contributed by atoms with Crippen LogP contribution in [0.4, 0.5) is 10.7 Å². The normalized spacial score (nSPS) is 21.1. The number of carbonyl (C=O) groups excluding carboxylic acids is 1. The summed E-state index contributed by atoms with van der Waals surface area (Å²) in [6.45, 7) is 2.57. The molecule has 1 aromatic carbocycles. The number of esters is 1. The predicted molar refractivity (Wildman–Crippen MR) is 135 cm³/mol. The number of aliphatic hydroxyl groups is 1. The van der Waals surface area contributed by atoms with Crippen LogP contribution in [0.3, 0.4) is 0 Å². The first-order chi connectivity index (χ1) is 16.9. The molecule has 1 N–H and O–H groups in total. The predicted octanol–water partition coefficient (Wildman–Crippen LogP) is 5.17. The van der Waals surface area contributed by atoms with Crippen LogP contribution in [0, 0.1) is 16.0 Å². The number of rotatable bonds is 6. The Labute approximate surface area is 207 Å². The van der Waals surface area contributed by atoms with Crippen molar-refractivity contribution >= 4 is 39.0 Å². The maximum absolute atomic E-state index is 12.8. The Morgan fingerprint density at radius 2 is 2.09 bits per heavy atom. The molecular weight excluding hydrogens is 468 g/mol. The van der Waals surface area contributed by atoms with Gasteiger partial charge in [-0.15, -0.1) is 11.3 Å². The third-order valence-electron chi connectivity index (χ3n) is 7.42. The van der Waals surface area contributed by atoms with Crippen molar-refractivity contribution in [3.63, 3.8) is 0 Å². The summed E-state index contributed by atoms with van der Waals surface area (Å²) in [7, 11) is 1.24. The van der Waals surface area contributed by atoms with Crippen LogP contribution in [0.25, 0.3) is 21.5 Å². The van der Waals surface area contributed by atoms with Crippen LogP contribution in [-0.2, 0) is 4.74 Å². The maximum atomic E-state index is 12.8. The number of aromatic nitrogens is 2. The lowest BCUT2D eigenvalue weighted by molar-refractivity contribution is -0.384. The Morgan fingerprint density at radius 1 is 1.31 bits per heavy atom. The monoisotopic (exact) mass is 498 g/mol. The molecule has 2 atom stereocenters. The summed E-state index contributed by atoms with van der Waals surface area (Å²) in [4.78, 5) is 31.6.